The van der Waals surface area contributed by atoms with E-state index in [2.05, 4.69) is 15.9 Å². The van der Waals surface area contributed by atoms with Crippen molar-refractivity contribution in [2.45, 2.75) is 0 Å². The van der Waals surface area contributed by atoms with Crippen LogP contribution in [0.15, 0.2) is 77.3 Å². The highest BCUT2D eigenvalue weighted by Crippen LogP contribution is 2.40. The van der Waals surface area contributed by atoms with Crippen LogP contribution in [0.4, 0.5) is 0 Å². The highest BCUT2D eigenvalue weighted by molar-refractivity contribution is 9.10. The van der Waals surface area contributed by atoms with E-state index in [0.29, 0.717) is 33.0 Å². The Kier molecular flexibility index (Phi) is 5.36. The Bertz CT molecular complexity index is 801. The molecule has 0 N–H and O–H groups in total. The van der Waals surface area contributed by atoms with Gasteiger partial charge in [-0.1, -0.05) is 36.4 Å². The molecule has 3 rings (SSSR count). The summed E-state index contributed by atoms with van der Waals surface area (Å²) in [5.41, 5.74) is 0.336. The van der Waals surface area contributed by atoms with Crippen LogP contribution in [0.2, 0.25) is 0 Å². The van der Waals surface area contributed by atoms with Crippen LogP contribution in [0.5, 0.6) is 23.0 Å². The van der Waals surface area contributed by atoms with Crippen LogP contribution in [0.1, 0.15) is 10.4 Å². The Morgan fingerprint density at radius 3 is 1.64 bits per heavy atom. The average Bonchev–Trinajstić information content (AvgIpc) is 2.66. The smallest absolute Gasteiger partial charge is 0.338 e. The number of halogens is 1. The molecular weight excluding hydrogens is 384 g/mol. The van der Waals surface area contributed by atoms with E-state index in [1.54, 1.807) is 12.1 Å². The number of rotatable bonds is 5. The number of esters is 1. The second-order valence-corrected chi connectivity index (χ2v) is 5.90. The molecule has 3 aromatic carbocycles. The van der Waals surface area contributed by atoms with E-state index in [9.17, 15) is 4.79 Å². The minimum absolute atomic E-state index is 0.336. The van der Waals surface area contributed by atoms with Crippen LogP contribution >= 0.6 is 15.9 Å². The zero-order valence-corrected chi connectivity index (χ0v) is 15.0. The number of ether oxygens (including phenoxy) is 3. The Morgan fingerprint density at radius 1 is 0.800 bits per heavy atom. The minimum atomic E-state index is -0.469. The molecule has 0 fully saturated rings. The van der Waals surface area contributed by atoms with Crippen molar-refractivity contribution in [3.05, 3.63) is 82.8 Å². The second-order valence-electron chi connectivity index (χ2n) is 5.11. The SMILES string of the molecule is COC(=O)c1cc(Oc2ccccc2)c(Br)c(Oc2ccccc2)c1. The molecule has 0 aromatic heterocycles. The molecule has 0 heterocycles. The molecule has 0 saturated heterocycles. The van der Waals surface area contributed by atoms with Gasteiger partial charge in [-0.25, -0.2) is 4.79 Å². The van der Waals surface area contributed by atoms with Gasteiger partial charge in [-0.05, 0) is 52.3 Å². The van der Waals surface area contributed by atoms with Gasteiger partial charge in [-0.3, -0.25) is 0 Å². The van der Waals surface area contributed by atoms with E-state index in [4.69, 9.17) is 14.2 Å². The van der Waals surface area contributed by atoms with E-state index in [-0.39, 0.29) is 0 Å². The normalized spacial score (nSPS) is 10.2. The van der Waals surface area contributed by atoms with Gasteiger partial charge in [-0.15, -0.1) is 0 Å². The van der Waals surface area contributed by atoms with Gasteiger partial charge in [0.15, 0.2) is 0 Å². The van der Waals surface area contributed by atoms with Crippen molar-refractivity contribution >= 4 is 21.9 Å². The maximum absolute atomic E-state index is 12.0. The van der Waals surface area contributed by atoms with Crippen LogP contribution in [0, 0.1) is 0 Å². The predicted molar refractivity (Wildman–Crippen MR) is 98.5 cm³/mol. The molecule has 0 aliphatic carbocycles. The molecule has 0 spiro atoms. The van der Waals surface area contributed by atoms with E-state index in [0.717, 1.165) is 0 Å². The van der Waals surface area contributed by atoms with Gasteiger partial charge in [0.1, 0.15) is 27.5 Å². The van der Waals surface area contributed by atoms with Crippen molar-refractivity contribution < 1.29 is 19.0 Å². The van der Waals surface area contributed by atoms with Crippen molar-refractivity contribution in [1.29, 1.82) is 0 Å². The molecule has 0 unspecified atom stereocenters. The molecular formula is C20H15BrO4. The van der Waals surface area contributed by atoms with E-state index < -0.39 is 5.97 Å². The van der Waals surface area contributed by atoms with Gasteiger partial charge in [0.25, 0.3) is 0 Å². The number of carbonyl (C=O) groups excluding carboxylic acids is 1. The quantitative estimate of drug-likeness (QED) is 0.507. The van der Waals surface area contributed by atoms with Gasteiger partial charge in [0, 0.05) is 0 Å². The summed E-state index contributed by atoms with van der Waals surface area (Å²) in [4.78, 5) is 12.0. The molecule has 0 radical (unpaired) electrons. The molecule has 5 heteroatoms. The molecule has 0 aliphatic heterocycles. The van der Waals surface area contributed by atoms with Crippen LogP contribution in [0.3, 0.4) is 0 Å². The molecule has 25 heavy (non-hydrogen) atoms. The number of hydrogen-bond acceptors (Lipinski definition) is 4. The lowest BCUT2D eigenvalue weighted by Gasteiger charge is -2.14. The monoisotopic (exact) mass is 398 g/mol. The first-order chi connectivity index (χ1) is 12.2. The predicted octanol–water partition coefficient (Wildman–Crippen LogP) is 5.82. The van der Waals surface area contributed by atoms with Crippen molar-refractivity contribution in [1.82, 2.24) is 0 Å². The van der Waals surface area contributed by atoms with Crippen LogP contribution < -0.4 is 9.47 Å². The summed E-state index contributed by atoms with van der Waals surface area (Å²) in [6.45, 7) is 0. The fourth-order valence-corrected chi connectivity index (χ4v) is 2.58. The molecule has 0 amide bonds. The summed E-state index contributed by atoms with van der Waals surface area (Å²) < 4.78 is 17.2. The maximum Gasteiger partial charge on any atom is 0.338 e. The Hall–Kier alpha value is -2.79. The first kappa shape index (κ1) is 17.0. The number of hydrogen-bond donors (Lipinski definition) is 0. The topological polar surface area (TPSA) is 44.8 Å². The van der Waals surface area contributed by atoms with Crippen LogP contribution in [-0.4, -0.2) is 13.1 Å². The molecule has 4 nitrogen and oxygen atoms in total. The first-order valence-electron chi connectivity index (χ1n) is 7.55. The fourth-order valence-electron chi connectivity index (χ4n) is 2.19. The van der Waals surface area contributed by atoms with Crippen molar-refractivity contribution in [2.24, 2.45) is 0 Å². The highest BCUT2D eigenvalue weighted by atomic mass is 79.9. The Morgan fingerprint density at radius 2 is 1.24 bits per heavy atom. The lowest BCUT2D eigenvalue weighted by atomic mass is 10.2. The van der Waals surface area contributed by atoms with Crippen LogP contribution in [-0.2, 0) is 4.74 Å². The lowest BCUT2D eigenvalue weighted by molar-refractivity contribution is 0.0600. The number of benzene rings is 3. The minimum Gasteiger partial charge on any atom is -0.465 e. The van der Waals surface area contributed by atoms with Crippen molar-refractivity contribution in [3.8, 4) is 23.0 Å². The van der Waals surface area contributed by atoms with Gasteiger partial charge >= 0.3 is 5.97 Å². The molecule has 0 bridgehead atoms. The highest BCUT2D eigenvalue weighted by Gasteiger charge is 2.17. The van der Waals surface area contributed by atoms with E-state index >= 15 is 0 Å². The summed E-state index contributed by atoms with van der Waals surface area (Å²) in [7, 11) is 1.33. The first-order valence-corrected chi connectivity index (χ1v) is 8.34. The third kappa shape index (κ3) is 4.19. The third-order valence-electron chi connectivity index (χ3n) is 3.37. The molecule has 0 aliphatic rings. The molecule has 126 valence electrons. The zero-order valence-electron chi connectivity index (χ0n) is 13.4. The van der Waals surface area contributed by atoms with Crippen molar-refractivity contribution in [3.63, 3.8) is 0 Å². The largest absolute Gasteiger partial charge is 0.465 e. The summed E-state index contributed by atoms with van der Waals surface area (Å²) >= 11 is 3.50. The van der Waals surface area contributed by atoms with Gasteiger partial charge < -0.3 is 14.2 Å². The summed E-state index contributed by atoms with van der Waals surface area (Å²) in [5, 5.41) is 0. The average molecular weight is 399 g/mol. The number of carbonyl (C=O) groups is 1. The molecule has 3 aromatic rings. The molecule has 0 saturated carbocycles. The van der Waals surface area contributed by atoms with Gasteiger partial charge in [0.05, 0.1) is 12.7 Å². The second kappa shape index (κ2) is 7.85. The lowest BCUT2D eigenvalue weighted by Crippen LogP contribution is -2.02. The van der Waals surface area contributed by atoms with Gasteiger partial charge in [-0.2, -0.15) is 0 Å². The van der Waals surface area contributed by atoms with Crippen molar-refractivity contribution in [2.75, 3.05) is 7.11 Å². The fraction of sp³-hybridized carbons (Fsp3) is 0.0500. The number of para-hydroxylation sites is 2. The van der Waals surface area contributed by atoms with E-state index in [1.165, 1.54) is 7.11 Å². The summed E-state index contributed by atoms with van der Waals surface area (Å²) in [5.74, 6) is 1.75. The van der Waals surface area contributed by atoms with Gasteiger partial charge in [0.2, 0.25) is 0 Å². The Labute approximate surface area is 154 Å². The summed E-state index contributed by atoms with van der Waals surface area (Å²) in [6.07, 6.45) is 0. The zero-order chi connectivity index (χ0) is 17.6. The number of methoxy groups -OCH3 is 1. The Balaban J connectivity index is 2.01. The summed E-state index contributed by atoms with van der Waals surface area (Å²) in [6, 6.07) is 21.8. The third-order valence-corrected chi connectivity index (χ3v) is 4.15. The maximum atomic E-state index is 12.0. The molecule has 0 atom stereocenters. The van der Waals surface area contributed by atoms with E-state index in [1.807, 2.05) is 60.7 Å². The van der Waals surface area contributed by atoms with Crippen LogP contribution in [0.25, 0.3) is 0 Å². The standard InChI is InChI=1S/C20H15BrO4/c1-23-20(22)14-12-17(24-15-8-4-2-5-9-15)19(21)18(13-14)25-16-10-6-3-7-11-16/h2-13H,1H3.